The number of alkyl halides is 3. The van der Waals surface area contributed by atoms with Crippen LogP contribution in [0.25, 0.3) is 0 Å². The fourth-order valence-electron chi connectivity index (χ4n) is 2.40. The maximum Gasteiger partial charge on any atom is 0.401 e. The molecule has 0 radical (unpaired) electrons. The molecule has 0 aromatic rings. The van der Waals surface area contributed by atoms with Crippen LogP contribution in [0.5, 0.6) is 0 Å². The summed E-state index contributed by atoms with van der Waals surface area (Å²) in [5.41, 5.74) is -1.23. The molecule has 2 unspecified atom stereocenters. The van der Waals surface area contributed by atoms with Gasteiger partial charge < -0.3 is 10.4 Å². The molecule has 2 atom stereocenters. The molecule has 0 saturated carbocycles. The third kappa shape index (κ3) is 7.13. The van der Waals surface area contributed by atoms with Gasteiger partial charge >= 0.3 is 12.1 Å². The van der Waals surface area contributed by atoms with Gasteiger partial charge in [0.25, 0.3) is 0 Å². The Hall–Kier alpha value is -0.820. The van der Waals surface area contributed by atoms with Crippen molar-refractivity contribution >= 4 is 5.97 Å². The monoisotopic (exact) mass is 312 g/mol. The number of carbonyl (C=O) groups is 1. The van der Waals surface area contributed by atoms with Crippen LogP contribution in [-0.4, -0.2) is 52.9 Å². The molecular formula is C14H27F3N2O2. The van der Waals surface area contributed by atoms with Gasteiger partial charge in [-0.2, -0.15) is 13.2 Å². The van der Waals surface area contributed by atoms with Crippen molar-refractivity contribution in [3.05, 3.63) is 0 Å². The Morgan fingerprint density at radius 3 is 2.14 bits per heavy atom. The summed E-state index contributed by atoms with van der Waals surface area (Å²) in [5, 5.41) is 12.3. The first kappa shape index (κ1) is 20.2. The van der Waals surface area contributed by atoms with Crippen molar-refractivity contribution in [3.63, 3.8) is 0 Å². The smallest absolute Gasteiger partial charge is 0.401 e. The summed E-state index contributed by atoms with van der Waals surface area (Å²) in [6.07, 6.45) is -3.43. The normalized spacial score (nSPS) is 17.0. The van der Waals surface area contributed by atoms with Crippen LogP contribution >= 0.6 is 0 Å². The first-order chi connectivity index (χ1) is 9.43. The highest BCUT2D eigenvalue weighted by atomic mass is 19.4. The van der Waals surface area contributed by atoms with Gasteiger partial charge in [-0.05, 0) is 47.1 Å². The molecule has 0 aliphatic heterocycles. The Balaban J connectivity index is 4.99. The van der Waals surface area contributed by atoms with Crippen LogP contribution < -0.4 is 5.32 Å². The average molecular weight is 312 g/mol. The molecule has 0 aliphatic rings. The second kappa shape index (κ2) is 7.98. The largest absolute Gasteiger partial charge is 0.480 e. The number of hydrogen-bond donors (Lipinski definition) is 2. The number of carboxylic acids is 1. The quantitative estimate of drug-likeness (QED) is 0.687. The maximum atomic E-state index is 12.6. The molecule has 126 valence electrons. The van der Waals surface area contributed by atoms with E-state index in [0.29, 0.717) is 6.54 Å². The molecule has 0 bridgehead atoms. The molecule has 2 N–H and O–H groups in total. The Kier molecular flexibility index (Phi) is 7.67. The number of nitrogens with one attached hydrogen (secondary N) is 1. The van der Waals surface area contributed by atoms with E-state index in [0.717, 1.165) is 6.42 Å². The van der Waals surface area contributed by atoms with Crippen LogP contribution in [-0.2, 0) is 4.79 Å². The van der Waals surface area contributed by atoms with Gasteiger partial charge in [0.05, 0.1) is 6.54 Å². The highest BCUT2D eigenvalue weighted by Gasteiger charge is 2.39. The highest BCUT2D eigenvalue weighted by molar-refractivity contribution is 5.78. The second-order valence-electron chi connectivity index (χ2n) is 6.00. The third-order valence-electron chi connectivity index (χ3n) is 3.53. The molecule has 0 aromatic carbocycles. The van der Waals surface area contributed by atoms with E-state index >= 15 is 0 Å². The maximum absolute atomic E-state index is 12.6. The van der Waals surface area contributed by atoms with Crippen molar-refractivity contribution in [3.8, 4) is 0 Å². The van der Waals surface area contributed by atoms with E-state index in [4.69, 9.17) is 0 Å². The summed E-state index contributed by atoms with van der Waals surface area (Å²) in [4.78, 5) is 12.7. The number of halogens is 3. The molecule has 7 heteroatoms. The lowest BCUT2D eigenvalue weighted by molar-refractivity contribution is -0.157. The molecule has 0 aromatic heterocycles. The van der Waals surface area contributed by atoms with Crippen LogP contribution in [0.1, 0.15) is 47.5 Å². The summed E-state index contributed by atoms with van der Waals surface area (Å²) in [6, 6.07) is -0.817. The third-order valence-corrected chi connectivity index (χ3v) is 3.53. The molecular weight excluding hydrogens is 285 g/mol. The molecule has 0 heterocycles. The van der Waals surface area contributed by atoms with E-state index in [9.17, 15) is 23.1 Å². The summed E-state index contributed by atoms with van der Waals surface area (Å²) >= 11 is 0. The molecule has 0 spiro atoms. The topological polar surface area (TPSA) is 52.6 Å². The van der Waals surface area contributed by atoms with E-state index in [-0.39, 0.29) is 12.5 Å². The number of hydrogen-bond acceptors (Lipinski definition) is 3. The molecule has 0 amide bonds. The highest BCUT2D eigenvalue weighted by Crippen LogP contribution is 2.24. The van der Waals surface area contributed by atoms with Crippen molar-refractivity contribution in [2.24, 2.45) is 0 Å². The van der Waals surface area contributed by atoms with E-state index in [1.54, 1.807) is 20.8 Å². The van der Waals surface area contributed by atoms with Crippen LogP contribution in [0.3, 0.4) is 0 Å². The van der Waals surface area contributed by atoms with Gasteiger partial charge in [0.15, 0.2) is 0 Å². The molecule has 0 saturated heterocycles. The van der Waals surface area contributed by atoms with Crippen molar-refractivity contribution in [2.75, 3.05) is 13.1 Å². The minimum atomic E-state index is -4.30. The van der Waals surface area contributed by atoms with Gasteiger partial charge in [-0.15, -0.1) is 0 Å². The zero-order chi connectivity index (χ0) is 16.8. The van der Waals surface area contributed by atoms with E-state index in [1.165, 1.54) is 11.8 Å². The summed E-state index contributed by atoms with van der Waals surface area (Å²) < 4.78 is 37.9. The zero-order valence-electron chi connectivity index (χ0n) is 13.4. The molecule has 0 fully saturated rings. The summed E-state index contributed by atoms with van der Waals surface area (Å²) in [7, 11) is 0. The molecule has 21 heavy (non-hydrogen) atoms. The van der Waals surface area contributed by atoms with E-state index in [2.05, 4.69) is 5.32 Å². The molecule has 0 aliphatic carbocycles. The fraction of sp³-hybridized carbons (Fsp3) is 0.929. The van der Waals surface area contributed by atoms with Crippen LogP contribution in [0.15, 0.2) is 0 Å². The van der Waals surface area contributed by atoms with Crippen LogP contribution in [0.4, 0.5) is 13.2 Å². The Labute approximate surface area is 124 Å². The predicted molar refractivity (Wildman–Crippen MR) is 76.3 cm³/mol. The van der Waals surface area contributed by atoms with Crippen molar-refractivity contribution in [2.45, 2.75) is 71.3 Å². The fourth-order valence-corrected chi connectivity index (χ4v) is 2.40. The zero-order valence-corrected chi connectivity index (χ0v) is 13.4. The van der Waals surface area contributed by atoms with E-state index < -0.39 is 30.3 Å². The lowest BCUT2D eigenvalue weighted by Gasteiger charge is -2.38. The SMILES string of the molecule is CCCNC(C)(CC(C)N(CC(F)(F)F)C(C)C)C(=O)O. The lowest BCUT2D eigenvalue weighted by Crippen LogP contribution is -2.55. The van der Waals surface area contributed by atoms with Gasteiger partial charge in [0.2, 0.25) is 0 Å². The van der Waals surface area contributed by atoms with Crippen molar-refractivity contribution < 1.29 is 23.1 Å². The van der Waals surface area contributed by atoms with Crippen molar-refractivity contribution in [1.82, 2.24) is 10.2 Å². The number of carboxylic acid groups (broad SMARTS) is 1. The van der Waals surface area contributed by atoms with E-state index in [1.807, 2.05) is 6.92 Å². The first-order valence-electron chi connectivity index (χ1n) is 7.24. The summed E-state index contributed by atoms with van der Waals surface area (Å²) in [6.45, 7) is 7.91. The lowest BCUT2D eigenvalue weighted by atomic mass is 9.92. The van der Waals surface area contributed by atoms with Gasteiger partial charge in [-0.25, -0.2) is 0 Å². The van der Waals surface area contributed by atoms with Crippen LogP contribution in [0.2, 0.25) is 0 Å². The Bertz CT molecular complexity index is 335. The standard InChI is InChI=1S/C14H27F3N2O2/c1-6-7-18-13(5,12(20)21)8-11(4)19(10(2)3)9-14(15,16)17/h10-11,18H,6-9H2,1-5H3,(H,20,21). The number of nitrogens with zero attached hydrogens (tertiary/aromatic N) is 1. The minimum Gasteiger partial charge on any atom is -0.480 e. The van der Waals surface area contributed by atoms with Crippen molar-refractivity contribution in [1.29, 1.82) is 0 Å². The first-order valence-corrected chi connectivity index (χ1v) is 7.24. The predicted octanol–water partition coefficient (Wildman–Crippen LogP) is 2.88. The average Bonchev–Trinajstić information content (AvgIpc) is 2.31. The second-order valence-corrected chi connectivity index (χ2v) is 6.00. The molecule has 0 rings (SSSR count). The van der Waals surface area contributed by atoms with Gasteiger partial charge in [0, 0.05) is 12.1 Å². The van der Waals surface area contributed by atoms with Gasteiger partial charge in [-0.1, -0.05) is 6.92 Å². The number of aliphatic carboxylic acids is 1. The van der Waals surface area contributed by atoms with Crippen LogP contribution in [0, 0.1) is 0 Å². The summed E-state index contributed by atoms with van der Waals surface area (Å²) in [5.74, 6) is -1.04. The number of rotatable bonds is 9. The van der Waals surface area contributed by atoms with Gasteiger partial charge in [0.1, 0.15) is 5.54 Å². The van der Waals surface area contributed by atoms with Gasteiger partial charge in [-0.3, -0.25) is 9.69 Å². The minimum absolute atomic E-state index is 0.108. The Morgan fingerprint density at radius 2 is 1.81 bits per heavy atom. The Morgan fingerprint density at radius 1 is 1.29 bits per heavy atom. The molecule has 4 nitrogen and oxygen atoms in total.